The Morgan fingerprint density at radius 1 is 1.16 bits per heavy atom. The van der Waals surface area contributed by atoms with Crippen molar-refractivity contribution in [2.24, 2.45) is 0 Å². The van der Waals surface area contributed by atoms with Gasteiger partial charge in [-0.05, 0) is 30.7 Å². The highest BCUT2D eigenvalue weighted by atomic mass is 35.5. The highest BCUT2D eigenvalue weighted by molar-refractivity contribution is 6.32. The monoisotopic (exact) mass is 272 g/mol. The molecule has 0 saturated heterocycles. The molecule has 0 fully saturated rings. The Bertz CT molecular complexity index is 628. The number of aromatic hydroxyl groups is 1. The first kappa shape index (κ1) is 13.4. The van der Waals surface area contributed by atoms with Gasteiger partial charge in [0.25, 0.3) is 0 Å². The lowest BCUT2D eigenvalue weighted by Crippen LogP contribution is -1.93. The number of hydrogen-bond donors (Lipinski definition) is 1. The Morgan fingerprint density at radius 3 is 2.47 bits per heavy atom. The Morgan fingerprint density at radius 2 is 1.84 bits per heavy atom. The summed E-state index contributed by atoms with van der Waals surface area (Å²) in [5, 5.41) is 9.57. The predicted molar refractivity (Wildman–Crippen MR) is 77.7 cm³/mol. The highest BCUT2D eigenvalue weighted by Crippen LogP contribution is 2.24. The van der Waals surface area contributed by atoms with Crippen LogP contribution in [0.15, 0.2) is 48.5 Å². The molecule has 0 atom stereocenters. The standard InChI is InChI=1S/C16H13ClO2/c1-11-2-6-13(7-3-11)15(18)8-4-12-5-9-16(19)14(17)10-12/h2-10,19H,1H3/b8-4+. The lowest BCUT2D eigenvalue weighted by Gasteiger charge is -1.99. The van der Waals surface area contributed by atoms with Gasteiger partial charge in [-0.15, -0.1) is 0 Å². The van der Waals surface area contributed by atoms with E-state index in [1.54, 1.807) is 30.3 Å². The third kappa shape index (κ3) is 3.46. The van der Waals surface area contributed by atoms with Crippen molar-refractivity contribution in [1.82, 2.24) is 0 Å². The first-order valence-corrected chi connectivity index (χ1v) is 6.21. The van der Waals surface area contributed by atoms with Gasteiger partial charge in [-0.2, -0.15) is 0 Å². The first-order chi connectivity index (χ1) is 9.06. The quantitative estimate of drug-likeness (QED) is 0.670. The second kappa shape index (κ2) is 5.72. The van der Waals surface area contributed by atoms with Crippen molar-refractivity contribution in [3.63, 3.8) is 0 Å². The van der Waals surface area contributed by atoms with E-state index in [9.17, 15) is 9.90 Å². The van der Waals surface area contributed by atoms with Gasteiger partial charge in [0.2, 0.25) is 0 Å². The summed E-state index contributed by atoms with van der Waals surface area (Å²) in [5.74, 6) is -0.0344. The number of allylic oxidation sites excluding steroid dienone is 1. The van der Waals surface area contributed by atoms with Crippen molar-refractivity contribution in [1.29, 1.82) is 0 Å². The normalized spacial score (nSPS) is 10.8. The number of benzene rings is 2. The number of ketones is 1. The molecule has 1 N–H and O–H groups in total. The molecule has 2 rings (SSSR count). The maximum atomic E-state index is 11.9. The summed E-state index contributed by atoms with van der Waals surface area (Å²) in [6.45, 7) is 1.97. The second-order valence-corrected chi connectivity index (χ2v) is 4.68. The van der Waals surface area contributed by atoms with E-state index in [0.29, 0.717) is 5.56 Å². The smallest absolute Gasteiger partial charge is 0.185 e. The average molecular weight is 273 g/mol. The third-order valence-corrected chi connectivity index (χ3v) is 3.04. The van der Waals surface area contributed by atoms with Crippen LogP contribution in [0.25, 0.3) is 6.08 Å². The summed E-state index contributed by atoms with van der Waals surface area (Å²) < 4.78 is 0. The van der Waals surface area contributed by atoms with Gasteiger partial charge >= 0.3 is 0 Å². The van der Waals surface area contributed by atoms with E-state index in [0.717, 1.165) is 11.1 Å². The molecule has 0 aliphatic heterocycles. The molecule has 3 heteroatoms. The molecule has 0 amide bonds. The predicted octanol–water partition coefficient (Wildman–Crippen LogP) is 4.25. The van der Waals surface area contributed by atoms with Crippen LogP contribution in [0.3, 0.4) is 0 Å². The number of carbonyl (C=O) groups is 1. The van der Waals surface area contributed by atoms with Gasteiger partial charge < -0.3 is 5.11 Å². The number of rotatable bonds is 3. The molecule has 0 aromatic heterocycles. The SMILES string of the molecule is Cc1ccc(C(=O)/C=C/c2ccc(O)c(Cl)c2)cc1. The minimum Gasteiger partial charge on any atom is -0.506 e. The number of hydrogen-bond acceptors (Lipinski definition) is 2. The van der Waals surface area contributed by atoms with Gasteiger partial charge in [-0.25, -0.2) is 0 Å². The van der Waals surface area contributed by atoms with Crippen LogP contribution in [0.5, 0.6) is 5.75 Å². The summed E-state index contributed by atoms with van der Waals surface area (Å²) in [6.07, 6.45) is 3.17. The number of halogens is 1. The minimum absolute atomic E-state index is 0.0312. The molecular weight excluding hydrogens is 260 g/mol. The van der Waals surface area contributed by atoms with Crippen LogP contribution < -0.4 is 0 Å². The molecule has 0 unspecified atom stereocenters. The van der Waals surface area contributed by atoms with Crippen molar-refractivity contribution in [3.05, 3.63) is 70.3 Å². The lowest BCUT2D eigenvalue weighted by atomic mass is 10.1. The minimum atomic E-state index is -0.0656. The highest BCUT2D eigenvalue weighted by Gasteiger charge is 2.01. The average Bonchev–Trinajstić information content (AvgIpc) is 2.40. The molecule has 2 aromatic rings. The number of phenolic OH excluding ortho intramolecular Hbond substituents is 1. The zero-order chi connectivity index (χ0) is 13.8. The summed E-state index contributed by atoms with van der Waals surface area (Å²) in [4.78, 5) is 11.9. The second-order valence-electron chi connectivity index (χ2n) is 4.27. The Kier molecular flexibility index (Phi) is 4.03. The van der Waals surface area contributed by atoms with Crippen LogP contribution in [0.2, 0.25) is 5.02 Å². The Labute approximate surface area is 117 Å². The van der Waals surface area contributed by atoms with E-state index in [1.807, 2.05) is 19.1 Å². The van der Waals surface area contributed by atoms with E-state index in [-0.39, 0.29) is 16.6 Å². The number of carbonyl (C=O) groups excluding carboxylic acids is 1. The van der Waals surface area contributed by atoms with Gasteiger partial charge in [-0.3, -0.25) is 4.79 Å². The van der Waals surface area contributed by atoms with Gasteiger partial charge in [0, 0.05) is 5.56 Å². The Balaban J connectivity index is 2.15. The molecule has 0 radical (unpaired) electrons. The first-order valence-electron chi connectivity index (χ1n) is 5.84. The van der Waals surface area contributed by atoms with Crippen molar-refractivity contribution in [2.45, 2.75) is 6.92 Å². The van der Waals surface area contributed by atoms with Crippen molar-refractivity contribution in [3.8, 4) is 5.75 Å². The summed E-state index contributed by atoms with van der Waals surface area (Å²) in [7, 11) is 0. The van der Waals surface area contributed by atoms with E-state index in [2.05, 4.69) is 0 Å². The molecule has 0 aliphatic carbocycles. The summed E-state index contributed by atoms with van der Waals surface area (Å²) >= 11 is 5.79. The topological polar surface area (TPSA) is 37.3 Å². The van der Waals surface area contributed by atoms with Crippen molar-refractivity contribution >= 4 is 23.5 Å². The fourth-order valence-electron chi connectivity index (χ4n) is 1.61. The van der Waals surface area contributed by atoms with Crippen LogP contribution >= 0.6 is 11.6 Å². The molecular formula is C16H13ClO2. The fourth-order valence-corrected chi connectivity index (χ4v) is 1.80. The molecule has 0 heterocycles. The fraction of sp³-hybridized carbons (Fsp3) is 0.0625. The number of aryl methyl sites for hydroxylation is 1. The summed E-state index contributed by atoms with van der Waals surface area (Å²) in [5.41, 5.74) is 2.53. The van der Waals surface area contributed by atoms with Crippen LogP contribution in [-0.2, 0) is 0 Å². The van der Waals surface area contributed by atoms with Gasteiger partial charge in [0.15, 0.2) is 5.78 Å². The van der Waals surface area contributed by atoms with Crippen LogP contribution in [0.4, 0.5) is 0 Å². The van der Waals surface area contributed by atoms with Crippen molar-refractivity contribution < 1.29 is 9.90 Å². The molecule has 0 bridgehead atoms. The van der Waals surface area contributed by atoms with Crippen LogP contribution in [0, 0.1) is 6.92 Å². The molecule has 19 heavy (non-hydrogen) atoms. The maximum absolute atomic E-state index is 11.9. The van der Waals surface area contributed by atoms with E-state index in [4.69, 9.17) is 11.6 Å². The largest absolute Gasteiger partial charge is 0.506 e. The van der Waals surface area contributed by atoms with Gasteiger partial charge in [-0.1, -0.05) is 53.6 Å². The van der Waals surface area contributed by atoms with E-state index in [1.165, 1.54) is 12.1 Å². The molecule has 2 nitrogen and oxygen atoms in total. The molecule has 0 spiro atoms. The van der Waals surface area contributed by atoms with Crippen LogP contribution in [0.1, 0.15) is 21.5 Å². The zero-order valence-electron chi connectivity index (χ0n) is 10.4. The van der Waals surface area contributed by atoms with Gasteiger partial charge in [0.05, 0.1) is 5.02 Å². The molecule has 0 aliphatic rings. The zero-order valence-corrected chi connectivity index (χ0v) is 11.2. The molecule has 0 saturated carbocycles. The lowest BCUT2D eigenvalue weighted by molar-refractivity contribution is 0.104. The maximum Gasteiger partial charge on any atom is 0.185 e. The van der Waals surface area contributed by atoms with E-state index >= 15 is 0 Å². The summed E-state index contributed by atoms with van der Waals surface area (Å²) in [6, 6.07) is 12.2. The number of phenols is 1. The van der Waals surface area contributed by atoms with E-state index < -0.39 is 0 Å². The third-order valence-electron chi connectivity index (χ3n) is 2.73. The van der Waals surface area contributed by atoms with Crippen molar-refractivity contribution in [2.75, 3.05) is 0 Å². The Hall–Kier alpha value is -2.06. The molecule has 2 aromatic carbocycles. The molecule has 96 valence electrons. The van der Waals surface area contributed by atoms with Crippen LogP contribution in [-0.4, -0.2) is 10.9 Å². The van der Waals surface area contributed by atoms with Gasteiger partial charge in [0.1, 0.15) is 5.75 Å².